The summed E-state index contributed by atoms with van der Waals surface area (Å²) in [6, 6.07) is 7.41. The number of carboxylic acids is 1. The number of piperidine rings is 1. The Morgan fingerprint density at radius 2 is 1.89 bits per heavy atom. The first-order chi connectivity index (χ1) is 9.06. The van der Waals surface area contributed by atoms with Crippen LogP contribution in [0.5, 0.6) is 5.75 Å². The van der Waals surface area contributed by atoms with Crippen LogP contribution in [0.2, 0.25) is 0 Å². The summed E-state index contributed by atoms with van der Waals surface area (Å²) in [7, 11) is 2.12. The van der Waals surface area contributed by atoms with Crippen LogP contribution < -0.4 is 4.74 Å². The van der Waals surface area contributed by atoms with E-state index in [1.54, 1.807) is 6.92 Å². The van der Waals surface area contributed by atoms with Gasteiger partial charge in [-0.25, -0.2) is 0 Å². The fourth-order valence-electron chi connectivity index (χ4n) is 2.27. The molecule has 104 valence electrons. The van der Waals surface area contributed by atoms with Crippen molar-refractivity contribution in [1.82, 2.24) is 4.90 Å². The molecule has 1 aliphatic rings. The Morgan fingerprint density at radius 3 is 2.42 bits per heavy atom. The molecule has 1 aliphatic heterocycles. The number of hydrogen-bond donors (Lipinski definition) is 1. The first-order valence-electron chi connectivity index (χ1n) is 6.74. The summed E-state index contributed by atoms with van der Waals surface area (Å²) in [5.41, 5.74) is 0.809. The number of benzene rings is 1. The van der Waals surface area contributed by atoms with E-state index < -0.39 is 11.9 Å². The van der Waals surface area contributed by atoms with Gasteiger partial charge in [0.1, 0.15) is 11.9 Å². The molecule has 0 aliphatic carbocycles. The molecule has 1 heterocycles. The average Bonchev–Trinajstić information content (AvgIpc) is 2.41. The van der Waals surface area contributed by atoms with Gasteiger partial charge in [0, 0.05) is 13.1 Å². The van der Waals surface area contributed by atoms with Gasteiger partial charge in [-0.1, -0.05) is 12.1 Å². The van der Waals surface area contributed by atoms with E-state index in [4.69, 9.17) is 9.84 Å². The standard InChI is InChI=1S/C15H21NO3/c1-11(15(17)18)12-3-5-13(6-4-12)19-14-7-9-16(2)10-8-14/h3-6,11,14H,7-10H2,1-2H3,(H,17,18). The second-order valence-electron chi connectivity index (χ2n) is 5.25. The highest BCUT2D eigenvalue weighted by molar-refractivity contribution is 5.75. The number of ether oxygens (including phenoxy) is 1. The normalized spacial score (nSPS) is 19.1. The number of carbonyl (C=O) groups is 1. The molecule has 1 aromatic rings. The van der Waals surface area contributed by atoms with E-state index in [0.717, 1.165) is 37.2 Å². The van der Waals surface area contributed by atoms with Crippen LogP contribution in [0, 0.1) is 0 Å². The molecule has 0 bridgehead atoms. The van der Waals surface area contributed by atoms with Crippen LogP contribution in [-0.2, 0) is 4.79 Å². The fraction of sp³-hybridized carbons (Fsp3) is 0.533. The average molecular weight is 263 g/mol. The quantitative estimate of drug-likeness (QED) is 0.906. The van der Waals surface area contributed by atoms with Crippen molar-refractivity contribution in [2.75, 3.05) is 20.1 Å². The molecule has 0 amide bonds. The summed E-state index contributed by atoms with van der Waals surface area (Å²) in [4.78, 5) is 13.2. The van der Waals surface area contributed by atoms with E-state index in [1.165, 1.54) is 0 Å². The second kappa shape index (κ2) is 6.06. The highest BCUT2D eigenvalue weighted by atomic mass is 16.5. The highest BCUT2D eigenvalue weighted by Gasteiger charge is 2.18. The third-order valence-electron chi connectivity index (χ3n) is 3.72. The van der Waals surface area contributed by atoms with Crippen LogP contribution in [-0.4, -0.2) is 42.2 Å². The Hall–Kier alpha value is -1.55. The first kappa shape index (κ1) is 13.9. The van der Waals surface area contributed by atoms with Crippen LogP contribution in [0.1, 0.15) is 31.2 Å². The minimum atomic E-state index is -0.802. The Morgan fingerprint density at radius 1 is 1.32 bits per heavy atom. The number of nitrogens with zero attached hydrogens (tertiary/aromatic N) is 1. The molecule has 1 N–H and O–H groups in total. The van der Waals surface area contributed by atoms with Gasteiger partial charge in [-0.15, -0.1) is 0 Å². The lowest BCUT2D eigenvalue weighted by molar-refractivity contribution is -0.138. The molecule has 4 nitrogen and oxygen atoms in total. The Labute approximate surface area is 114 Å². The molecule has 0 radical (unpaired) electrons. The molecule has 1 aromatic carbocycles. The van der Waals surface area contributed by atoms with Crippen molar-refractivity contribution in [2.45, 2.75) is 31.8 Å². The first-order valence-corrected chi connectivity index (χ1v) is 6.74. The smallest absolute Gasteiger partial charge is 0.310 e. The second-order valence-corrected chi connectivity index (χ2v) is 5.25. The van der Waals surface area contributed by atoms with Crippen LogP contribution in [0.15, 0.2) is 24.3 Å². The third-order valence-corrected chi connectivity index (χ3v) is 3.72. The van der Waals surface area contributed by atoms with Gasteiger partial charge in [0.05, 0.1) is 5.92 Å². The molecule has 1 fully saturated rings. The van der Waals surface area contributed by atoms with Gasteiger partial charge < -0.3 is 14.7 Å². The SMILES string of the molecule is CC(C(=O)O)c1ccc(OC2CCN(C)CC2)cc1. The van der Waals surface area contributed by atoms with Crippen molar-refractivity contribution in [3.05, 3.63) is 29.8 Å². The summed E-state index contributed by atoms with van der Waals surface area (Å²) < 4.78 is 5.92. The van der Waals surface area contributed by atoms with E-state index in [-0.39, 0.29) is 6.10 Å². The zero-order valence-electron chi connectivity index (χ0n) is 11.5. The molecule has 4 heteroatoms. The Balaban J connectivity index is 1.93. The van der Waals surface area contributed by atoms with Gasteiger partial charge in [-0.2, -0.15) is 0 Å². The van der Waals surface area contributed by atoms with E-state index in [9.17, 15) is 4.79 Å². The Bertz CT molecular complexity index is 422. The molecule has 1 saturated heterocycles. The van der Waals surface area contributed by atoms with Gasteiger partial charge in [-0.05, 0) is 44.5 Å². The number of carboxylic acid groups (broad SMARTS) is 1. The minimum Gasteiger partial charge on any atom is -0.490 e. The molecule has 0 aromatic heterocycles. The summed E-state index contributed by atoms with van der Waals surface area (Å²) in [5, 5.41) is 8.95. The van der Waals surface area contributed by atoms with E-state index in [2.05, 4.69) is 11.9 Å². The predicted molar refractivity (Wildman–Crippen MR) is 73.6 cm³/mol. The van der Waals surface area contributed by atoms with Crippen LogP contribution >= 0.6 is 0 Å². The third kappa shape index (κ3) is 3.70. The van der Waals surface area contributed by atoms with Crippen LogP contribution in [0.4, 0.5) is 0 Å². The maximum absolute atomic E-state index is 10.9. The highest BCUT2D eigenvalue weighted by Crippen LogP contribution is 2.22. The van der Waals surface area contributed by atoms with Crippen molar-refractivity contribution >= 4 is 5.97 Å². The fourth-order valence-corrected chi connectivity index (χ4v) is 2.27. The van der Waals surface area contributed by atoms with Crippen LogP contribution in [0.3, 0.4) is 0 Å². The summed E-state index contributed by atoms with van der Waals surface area (Å²) in [6.07, 6.45) is 2.37. The Kier molecular flexibility index (Phi) is 4.43. The van der Waals surface area contributed by atoms with Gasteiger partial charge in [-0.3, -0.25) is 4.79 Å². The monoisotopic (exact) mass is 263 g/mol. The molecule has 0 saturated carbocycles. The van der Waals surface area contributed by atoms with Gasteiger partial charge in [0.15, 0.2) is 0 Å². The zero-order valence-corrected chi connectivity index (χ0v) is 11.5. The van der Waals surface area contributed by atoms with Crippen molar-refractivity contribution in [2.24, 2.45) is 0 Å². The largest absolute Gasteiger partial charge is 0.490 e. The van der Waals surface area contributed by atoms with Crippen molar-refractivity contribution in [3.63, 3.8) is 0 Å². The molecular formula is C15H21NO3. The predicted octanol–water partition coefficient (Wildman–Crippen LogP) is 2.35. The summed E-state index contributed by atoms with van der Waals surface area (Å²) >= 11 is 0. The molecule has 1 unspecified atom stereocenters. The van der Waals surface area contributed by atoms with Gasteiger partial charge in [0.2, 0.25) is 0 Å². The van der Waals surface area contributed by atoms with Crippen molar-refractivity contribution in [1.29, 1.82) is 0 Å². The zero-order chi connectivity index (χ0) is 13.8. The van der Waals surface area contributed by atoms with Gasteiger partial charge in [0.25, 0.3) is 0 Å². The van der Waals surface area contributed by atoms with Crippen LogP contribution in [0.25, 0.3) is 0 Å². The van der Waals surface area contributed by atoms with E-state index in [0.29, 0.717) is 0 Å². The summed E-state index contributed by atoms with van der Waals surface area (Å²) in [5.74, 6) is -0.447. The van der Waals surface area contributed by atoms with Gasteiger partial charge >= 0.3 is 5.97 Å². The maximum atomic E-state index is 10.9. The molecule has 0 spiro atoms. The molecule has 19 heavy (non-hydrogen) atoms. The van der Waals surface area contributed by atoms with E-state index in [1.807, 2.05) is 24.3 Å². The van der Waals surface area contributed by atoms with Crippen molar-refractivity contribution < 1.29 is 14.6 Å². The number of hydrogen-bond acceptors (Lipinski definition) is 3. The number of aliphatic carboxylic acids is 1. The molecule has 2 rings (SSSR count). The lowest BCUT2D eigenvalue weighted by Gasteiger charge is -2.29. The minimum absolute atomic E-state index is 0.277. The van der Waals surface area contributed by atoms with E-state index >= 15 is 0 Å². The lowest BCUT2D eigenvalue weighted by atomic mass is 10.0. The number of likely N-dealkylation sites (tertiary alicyclic amines) is 1. The lowest BCUT2D eigenvalue weighted by Crippen LogP contribution is -2.35. The molecular weight excluding hydrogens is 242 g/mol. The molecule has 1 atom stereocenters. The topological polar surface area (TPSA) is 49.8 Å². The number of rotatable bonds is 4. The van der Waals surface area contributed by atoms with Crippen molar-refractivity contribution in [3.8, 4) is 5.75 Å². The summed E-state index contributed by atoms with van der Waals surface area (Å²) in [6.45, 7) is 3.83. The maximum Gasteiger partial charge on any atom is 0.310 e.